The van der Waals surface area contributed by atoms with Crippen LogP contribution in [0.2, 0.25) is 0 Å². The molecule has 0 bridgehead atoms. The molecule has 1 aliphatic carbocycles. The third-order valence-corrected chi connectivity index (χ3v) is 3.93. The van der Waals surface area contributed by atoms with Crippen molar-refractivity contribution in [3.63, 3.8) is 0 Å². The first kappa shape index (κ1) is 12.8. The number of nitrogens with zero attached hydrogens (tertiary/aromatic N) is 1. The number of hydrogen-bond acceptors (Lipinski definition) is 3. The van der Waals surface area contributed by atoms with Gasteiger partial charge in [-0.15, -0.1) is 0 Å². The fourth-order valence-electron chi connectivity index (χ4n) is 2.47. The van der Waals surface area contributed by atoms with Gasteiger partial charge < -0.3 is 15.4 Å². The maximum absolute atomic E-state index is 12.3. The molecule has 4 nitrogen and oxygen atoms in total. The maximum Gasteiger partial charge on any atom is 0.239 e. The highest BCUT2D eigenvalue weighted by atomic mass is 16.5. The standard InChI is InChI=1S/C13H24N2O2/c1-2-15(9-10-3-4-10)13(16)12(14)11-5-7-17-8-6-11/h10-12H,2-9,14H2,1H3. The fraction of sp³-hybridized carbons (Fsp3) is 0.923. The van der Waals surface area contributed by atoms with Gasteiger partial charge in [-0.05, 0) is 44.4 Å². The molecular formula is C13H24N2O2. The van der Waals surface area contributed by atoms with Gasteiger partial charge in [-0.2, -0.15) is 0 Å². The summed E-state index contributed by atoms with van der Waals surface area (Å²) in [6.07, 6.45) is 4.40. The molecular weight excluding hydrogens is 216 g/mol. The lowest BCUT2D eigenvalue weighted by molar-refractivity contribution is -0.134. The molecule has 98 valence electrons. The Morgan fingerprint density at radius 3 is 2.53 bits per heavy atom. The minimum absolute atomic E-state index is 0.145. The molecule has 2 N–H and O–H groups in total. The summed E-state index contributed by atoms with van der Waals surface area (Å²) in [6.45, 7) is 5.23. The van der Waals surface area contributed by atoms with E-state index >= 15 is 0 Å². The molecule has 1 saturated heterocycles. The summed E-state index contributed by atoms with van der Waals surface area (Å²) >= 11 is 0. The van der Waals surface area contributed by atoms with Crippen LogP contribution in [0.3, 0.4) is 0 Å². The molecule has 1 unspecified atom stereocenters. The summed E-state index contributed by atoms with van der Waals surface area (Å²) in [5, 5.41) is 0. The van der Waals surface area contributed by atoms with E-state index in [1.807, 2.05) is 11.8 Å². The molecule has 2 rings (SSSR count). The average molecular weight is 240 g/mol. The summed E-state index contributed by atoms with van der Waals surface area (Å²) in [7, 11) is 0. The number of amides is 1. The van der Waals surface area contributed by atoms with Crippen molar-refractivity contribution >= 4 is 5.91 Å². The minimum Gasteiger partial charge on any atom is -0.381 e. The highest BCUT2D eigenvalue weighted by molar-refractivity contribution is 5.82. The van der Waals surface area contributed by atoms with Crippen molar-refractivity contribution in [2.24, 2.45) is 17.6 Å². The van der Waals surface area contributed by atoms with E-state index in [1.165, 1.54) is 12.8 Å². The zero-order valence-electron chi connectivity index (χ0n) is 10.7. The Hall–Kier alpha value is -0.610. The number of rotatable bonds is 5. The molecule has 1 atom stereocenters. The zero-order valence-corrected chi connectivity index (χ0v) is 10.7. The quantitative estimate of drug-likeness (QED) is 0.780. The van der Waals surface area contributed by atoms with Gasteiger partial charge in [0.15, 0.2) is 0 Å². The Balaban J connectivity index is 1.86. The summed E-state index contributed by atoms with van der Waals surface area (Å²) in [5.41, 5.74) is 6.12. The van der Waals surface area contributed by atoms with Crippen LogP contribution < -0.4 is 5.73 Å². The summed E-state index contributed by atoms with van der Waals surface area (Å²) in [5.74, 6) is 1.19. The Labute approximate surface area is 103 Å². The Kier molecular flexibility index (Phi) is 4.40. The first-order valence-electron chi connectivity index (χ1n) is 6.84. The van der Waals surface area contributed by atoms with Crippen molar-refractivity contribution < 1.29 is 9.53 Å². The van der Waals surface area contributed by atoms with Gasteiger partial charge >= 0.3 is 0 Å². The molecule has 0 spiro atoms. The summed E-state index contributed by atoms with van der Waals surface area (Å²) < 4.78 is 5.31. The monoisotopic (exact) mass is 240 g/mol. The van der Waals surface area contributed by atoms with Crippen LogP contribution in [-0.2, 0) is 9.53 Å². The molecule has 17 heavy (non-hydrogen) atoms. The van der Waals surface area contributed by atoms with E-state index in [0.717, 1.165) is 45.1 Å². The van der Waals surface area contributed by atoms with E-state index in [0.29, 0.717) is 5.92 Å². The molecule has 0 aromatic heterocycles. The fourth-order valence-corrected chi connectivity index (χ4v) is 2.47. The van der Waals surface area contributed by atoms with Gasteiger partial charge in [-0.3, -0.25) is 4.79 Å². The van der Waals surface area contributed by atoms with Crippen molar-refractivity contribution in [1.82, 2.24) is 4.90 Å². The van der Waals surface area contributed by atoms with Gasteiger partial charge in [-0.25, -0.2) is 0 Å². The summed E-state index contributed by atoms with van der Waals surface area (Å²) in [6, 6.07) is -0.322. The van der Waals surface area contributed by atoms with Gasteiger partial charge in [0.2, 0.25) is 5.91 Å². The number of hydrogen-bond donors (Lipinski definition) is 1. The normalized spacial score (nSPS) is 23.4. The van der Waals surface area contributed by atoms with Crippen molar-refractivity contribution in [3.05, 3.63) is 0 Å². The Bertz CT molecular complexity index is 260. The molecule has 0 aromatic carbocycles. The number of nitrogens with two attached hydrogens (primary N) is 1. The second kappa shape index (κ2) is 5.83. The van der Waals surface area contributed by atoms with Gasteiger partial charge in [-0.1, -0.05) is 0 Å². The average Bonchev–Trinajstić information content (AvgIpc) is 3.19. The highest BCUT2D eigenvalue weighted by Crippen LogP contribution is 2.30. The second-order valence-corrected chi connectivity index (χ2v) is 5.30. The van der Waals surface area contributed by atoms with Crippen LogP contribution in [-0.4, -0.2) is 43.2 Å². The predicted molar refractivity (Wildman–Crippen MR) is 66.5 cm³/mol. The van der Waals surface area contributed by atoms with Crippen LogP contribution >= 0.6 is 0 Å². The molecule has 2 aliphatic rings. The van der Waals surface area contributed by atoms with E-state index in [1.54, 1.807) is 0 Å². The summed E-state index contributed by atoms with van der Waals surface area (Å²) in [4.78, 5) is 14.2. The van der Waals surface area contributed by atoms with Gasteiger partial charge in [0, 0.05) is 26.3 Å². The molecule has 1 saturated carbocycles. The number of likely N-dealkylation sites (N-methyl/N-ethyl adjacent to an activating group) is 1. The van der Waals surface area contributed by atoms with Crippen molar-refractivity contribution in [2.75, 3.05) is 26.3 Å². The SMILES string of the molecule is CCN(CC1CC1)C(=O)C(N)C1CCOCC1. The molecule has 1 aliphatic heterocycles. The third-order valence-electron chi connectivity index (χ3n) is 3.93. The molecule has 1 heterocycles. The van der Waals surface area contributed by atoms with E-state index in [9.17, 15) is 4.79 Å². The van der Waals surface area contributed by atoms with Gasteiger partial charge in [0.25, 0.3) is 0 Å². The van der Waals surface area contributed by atoms with Crippen molar-refractivity contribution in [3.8, 4) is 0 Å². The number of carbonyl (C=O) groups is 1. The third kappa shape index (κ3) is 3.42. The Morgan fingerprint density at radius 2 is 2.00 bits per heavy atom. The molecule has 1 amide bonds. The van der Waals surface area contributed by atoms with Gasteiger partial charge in [0.1, 0.15) is 0 Å². The van der Waals surface area contributed by atoms with E-state index in [4.69, 9.17) is 10.5 Å². The van der Waals surface area contributed by atoms with Crippen LogP contribution in [0.5, 0.6) is 0 Å². The van der Waals surface area contributed by atoms with Crippen LogP contribution in [0.25, 0.3) is 0 Å². The highest BCUT2D eigenvalue weighted by Gasteiger charge is 2.32. The smallest absolute Gasteiger partial charge is 0.239 e. The lowest BCUT2D eigenvalue weighted by atomic mass is 9.91. The van der Waals surface area contributed by atoms with E-state index in [2.05, 4.69) is 0 Å². The first-order valence-corrected chi connectivity index (χ1v) is 6.84. The molecule has 0 aromatic rings. The lowest BCUT2D eigenvalue weighted by Crippen LogP contribution is -2.49. The van der Waals surface area contributed by atoms with Crippen LogP contribution in [0.4, 0.5) is 0 Å². The van der Waals surface area contributed by atoms with Crippen molar-refractivity contribution in [1.29, 1.82) is 0 Å². The number of ether oxygens (including phenoxy) is 1. The van der Waals surface area contributed by atoms with Crippen LogP contribution in [0.1, 0.15) is 32.6 Å². The molecule has 2 fully saturated rings. The molecule has 4 heteroatoms. The maximum atomic E-state index is 12.3. The van der Waals surface area contributed by atoms with Gasteiger partial charge in [0.05, 0.1) is 6.04 Å². The molecule has 0 radical (unpaired) electrons. The number of carbonyl (C=O) groups excluding carboxylic acids is 1. The lowest BCUT2D eigenvalue weighted by Gasteiger charge is -2.31. The predicted octanol–water partition coefficient (Wildman–Crippen LogP) is 0.999. The second-order valence-electron chi connectivity index (χ2n) is 5.30. The van der Waals surface area contributed by atoms with E-state index < -0.39 is 0 Å². The van der Waals surface area contributed by atoms with Crippen molar-refractivity contribution in [2.45, 2.75) is 38.6 Å². The van der Waals surface area contributed by atoms with E-state index in [-0.39, 0.29) is 11.9 Å². The topological polar surface area (TPSA) is 55.6 Å². The first-order chi connectivity index (χ1) is 8.22. The van der Waals surface area contributed by atoms with Crippen LogP contribution in [0, 0.1) is 11.8 Å². The largest absolute Gasteiger partial charge is 0.381 e. The Morgan fingerprint density at radius 1 is 1.35 bits per heavy atom. The van der Waals surface area contributed by atoms with Crippen LogP contribution in [0.15, 0.2) is 0 Å². The zero-order chi connectivity index (χ0) is 12.3. The minimum atomic E-state index is -0.322.